The van der Waals surface area contributed by atoms with E-state index in [1.165, 1.54) is 0 Å². The number of carbonyl (C=O) groups is 3. The van der Waals surface area contributed by atoms with Gasteiger partial charge in [0.2, 0.25) is 11.3 Å². The summed E-state index contributed by atoms with van der Waals surface area (Å²) >= 11 is 0. The maximum Gasteiger partial charge on any atom is 0.323 e. The van der Waals surface area contributed by atoms with Crippen molar-refractivity contribution in [1.29, 1.82) is 0 Å². The highest BCUT2D eigenvalue weighted by Crippen LogP contribution is 2.42. The quantitative estimate of drug-likeness (QED) is 0.544. The van der Waals surface area contributed by atoms with Crippen molar-refractivity contribution in [2.75, 3.05) is 0 Å². The first kappa shape index (κ1) is 10.3. The molecule has 19 heavy (non-hydrogen) atoms. The normalized spacial score (nSPS) is 24.1. The minimum Gasteiger partial charge on any atom is -0.313 e. The largest absolute Gasteiger partial charge is 0.323 e. The molecular formula is C14H8N2O3. The van der Waals surface area contributed by atoms with E-state index in [-0.39, 0.29) is 5.78 Å². The van der Waals surface area contributed by atoms with E-state index in [1.807, 2.05) is 12.1 Å². The maximum atomic E-state index is 12.6. The van der Waals surface area contributed by atoms with Gasteiger partial charge in [0.1, 0.15) is 0 Å². The van der Waals surface area contributed by atoms with E-state index in [9.17, 15) is 14.4 Å². The Morgan fingerprint density at radius 2 is 1.68 bits per heavy atom. The fourth-order valence-electron chi connectivity index (χ4n) is 2.97. The van der Waals surface area contributed by atoms with Gasteiger partial charge < -0.3 is 5.32 Å². The molecule has 1 fully saturated rings. The predicted molar refractivity (Wildman–Crippen MR) is 66.6 cm³/mol. The van der Waals surface area contributed by atoms with Crippen molar-refractivity contribution < 1.29 is 14.4 Å². The van der Waals surface area contributed by atoms with Gasteiger partial charge in [-0.2, -0.15) is 0 Å². The summed E-state index contributed by atoms with van der Waals surface area (Å²) < 4.78 is 0. The Kier molecular flexibility index (Phi) is 1.62. The van der Waals surface area contributed by atoms with Gasteiger partial charge in [-0.1, -0.05) is 36.4 Å². The lowest BCUT2D eigenvalue weighted by Gasteiger charge is -2.19. The number of hydrogen-bond acceptors (Lipinski definition) is 3. The zero-order valence-corrected chi connectivity index (χ0v) is 9.69. The number of benzene rings is 2. The molecule has 92 valence electrons. The number of imide groups is 1. The smallest absolute Gasteiger partial charge is 0.313 e. The fourth-order valence-corrected chi connectivity index (χ4v) is 2.97. The summed E-state index contributed by atoms with van der Waals surface area (Å²) in [7, 11) is 0. The molecule has 0 unspecified atom stereocenters. The van der Waals surface area contributed by atoms with Crippen LogP contribution in [0.3, 0.4) is 0 Å². The molecule has 3 amide bonds. The summed E-state index contributed by atoms with van der Waals surface area (Å²) in [5.74, 6) is -0.978. The van der Waals surface area contributed by atoms with Gasteiger partial charge in [0.15, 0.2) is 0 Å². The molecular weight excluding hydrogens is 244 g/mol. The lowest BCUT2D eigenvalue weighted by Crippen LogP contribution is -2.48. The number of nitrogens with one attached hydrogen (secondary N) is 2. The van der Waals surface area contributed by atoms with Gasteiger partial charge in [-0.15, -0.1) is 0 Å². The molecule has 1 spiro atoms. The summed E-state index contributed by atoms with van der Waals surface area (Å²) in [6.07, 6.45) is 0. The summed E-state index contributed by atoms with van der Waals surface area (Å²) in [6.45, 7) is 0. The number of urea groups is 1. The Bertz CT molecular complexity index is 791. The number of hydrogen-bond donors (Lipinski definition) is 2. The van der Waals surface area contributed by atoms with Crippen molar-refractivity contribution in [1.82, 2.24) is 10.6 Å². The first-order chi connectivity index (χ1) is 9.14. The summed E-state index contributed by atoms with van der Waals surface area (Å²) in [4.78, 5) is 36.1. The van der Waals surface area contributed by atoms with Crippen molar-refractivity contribution in [2.24, 2.45) is 0 Å². The highest BCUT2D eigenvalue weighted by molar-refractivity contribution is 6.33. The second-order valence-electron chi connectivity index (χ2n) is 4.70. The average Bonchev–Trinajstić information content (AvgIpc) is 2.83. The van der Waals surface area contributed by atoms with Crippen LogP contribution in [0, 0.1) is 0 Å². The zero-order valence-electron chi connectivity index (χ0n) is 9.69. The van der Waals surface area contributed by atoms with Crippen LogP contribution in [0.15, 0.2) is 36.4 Å². The van der Waals surface area contributed by atoms with E-state index in [1.54, 1.807) is 24.3 Å². The van der Waals surface area contributed by atoms with Crippen molar-refractivity contribution >= 4 is 28.5 Å². The number of rotatable bonds is 0. The number of ketones is 1. The van der Waals surface area contributed by atoms with Gasteiger partial charge in [-0.05, 0) is 10.8 Å². The minimum atomic E-state index is -1.58. The maximum absolute atomic E-state index is 12.6. The van der Waals surface area contributed by atoms with Crippen LogP contribution in [0.1, 0.15) is 15.9 Å². The second-order valence-corrected chi connectivity index (χ2v) is 4.70. The summed E-state index contributed by atoms with van der Waals surface area (Å²) in [5, 5.41) is 6.26. The molecule has 2 aliphatic rings. The van der Waals surface area contributed by atoms with E-state index >= 15 is 0 Å². The van der Waals surface area contributed by atoms with Crippen LogP contribution in [0.4, 0.5) is 4.79 Å². The standard InChI is InChI=1S/C14H8N2O3/c17-11-8-5-1-3-7-4-2-6-9(10(7)8)14(11)12(18)15-13(19)16-14/h1-6H,(H2,15,16,18,19)/t14-/m1/s1. The first-order valence-corrected chi connectivity index (χ1v) is 5.85. The van der Waals surface area contributed by atoms with Gasteiger partial charge in [-0.3, -0.25) is 14.9 Å². The predicted octanol–water partition coefficient (Wildman–Crippen LogP) is 1.07. The lowest BCUT2D eigenvalue weighted by molar-refractivity contribution is -0.122. The van der Waals surface area contributed by atoms with Crippen LogP contribution in [-0.2, 0) is 10.3 Å². The van der Waals surface area contributed by atoms with Crippen molar-refractivity contribution in [3.05, 3.63) is 47.5 Å². The zero-order chi connectivity index (χ0) is 13.2. The lowest BCUT2D eigenvalue weighted by atomic mass is 9.90. The SMILES string of the molecule is O=C1NC(=O)[C@]2(N1)C(=O)c1cccc3cccc2c13. The van der Waals surface area contributed by atoms with E-state index in [4.69, 9.17) is 0 Å². The van der Waals surface area contributed by atoms with Crippen molar-refractivity contribution in [2.45, 2.75) is 5.54 Å². The molecule has 2 N–H and O–H groups in total. The van der Waals surface area contributed by atoms with Gasteiger partial charge >= 0.3 is 6.03 Å². The Morgan fingerprint density at radius 1 is 0.947 bits per heavy atom. The first-order valence-electron chi connectivity index (χ1n) is 5.85. The third kappa shape index (κ3) is 0.991. The second kappa shape index (κ2) is 3.00. The minimum absolute atomic E-state index is 0.373. The molecule has 1 atom stereocenters. The molecule has 0 saturated carbocycles. The topological polar surface area (TPSA) is 75.3 Å². The van der Waals surface area contributed by atoms with Gasteiger partial charge in [0, 0.05) is 11.1 Å². The monoisotopic (exact) mass is 252 g/mol. The highest BCUT2D eigenvalue weighted by atomic mass is 16.2. The molecule has 2 aromatic rings. The molecule has 1 aliphatic carbocycles. The molecule has 0 radical (unpaired) electrons. The van der Waals surface area contributed by atoms with Crippen LogP contribution in [0.25, 0.3) is 10.8 Å². The molecule has 4 rings (SSSR count). The Labute approximate surface area is 107 Å². The molecule has 5 nitrogen and oxygen atoms in total. The average molecular weight is 252 g/mol. The fraction of sp³-hybridized carbons (Fsp3) is 0.0714. The third-order valence-electron chi connectivity index (χ3n) is 3.76. The Morgan fingerprint density at radius 3 is 2.37 bits per heavy atom. The number of amides is 3. The van der Waals surface area contributed by atoms with Crippen LogP contribution < -0.4 is 10.6 Å². The van der Waals surface area contributed by atoms with Crippen molar-refractivity contribution in [3.63, 3.8) is 0 Å². The number of Topliss-reactive ketones (excluding diaryl/α,β-unsaturated/α-hetero) is 1. The van der Waals surface area contributed by atoms with Crippen molar-refractivity contribution in [3.8, 4) is 0 Å². The molecule has 1 aliphatic heterocycles. The van der Waals surface area contributed by atoms with Gasteiger partial charge in [0.25, 0.3) is 5.91 Å². The molecule has 1 saturated heterocycles. The van der Waals surface area contributed by atoms with E-state index < -0.39 is 17.5 Å². The number of fused-ring (bicyclic) bond motifs is 1. The molecule has 2 aromatic carbocycles. The third-order valence-corrected chi connectivity index (χ3v) is 3.76. The van der Waals surface area contributed by atoms with Crippen LogP contribution >= 0.6 is 0 Å². The molecule has 1 heterocycles. The Balaban J connectivity index is 2.15. The van der Waals surface area contributed by atoms with E-state index in [0.717, 1.165) is 10.8 Å². The van der Waals surface area contributed by atoms with Crippen LogP contribution in [0.2, 0.25) is 0 Å². The molecule has 5 heteroatoms. The van der Waals surface area contributed by atoms with E-state index in [2.05, 4.69) is 10.6 Å². The van der Waals surface area contributed by atoms with Gasteiger partial charge in [0.05, 0.1) is 0 Å². The van der Waals surface area contributed by atoms with Crippen LogP contribution in [-0.4, -0.2) is 17.7 Å². The molecule has 0 aromatic heterocycles. The van der Waals surface area contributed by atoms with Crippen LogP contribution in [0.5, 0.6) is 0 Å². The molecule has 0 bridgehead atoms. The number of carbonyl (C=O) groups excluding carboxylic acids is 3. The Hall–Kier alpha value is -2.69. The highest BCUT2D eigenvalue weighted by Gasteiger charge is 2.58. The summed E-state index contributed by atoms with van der Waals surface area (Å²) in [6, 6.07) is 10.1. The van der Waals surface area contributed by atoms with E-state index in [0.29, 0.717) is 11.1 Å². The van der Waals surface area contributed by atoms with Gasteiger partial charge in [-0.25, -0.2) is 4.79 Å². The summed E-state index contributed by atoms with van der Waals surface area (Å²) in [5.41, 5.74) is -0.556.